The van der Waals surface area contributed by atoms with Gasteiger partial charge >= 0.3 is 5.97 Å². The van der Waals surface area contributed by atoms with Crippen LogP contribution in [0, 0.1) is 11.8 Å². The lowest BCUT2D eigenvalue weighted by atomic mass is 9.82. The molecule has 0 unspecified atom stereocenters. The van der Waals surface area contributed by atoms with E-state index in [1.54, 1.807) is 12.1 Å². The molecule has 45 heavy (non-hydrogen) atoms. The van der Waals surface area contributed by atoms with Gasteiger partial charge < -0.3 is 24.4 Å². The SMILES string of the molecule is COC(=O)c1ccc(Nc2nc3ccc(C(C)(C)C(=O)N(CCC(C)C)CCC(C)C)cc3n2CCCN2CCCCC2)cc1. The molecule has 0 spiro atoms. The van der Waals surface area contributed by atoms with E-state index in [2.05, 4.69) is 79.4 Å². The summed E-state index contributed by atoms with van der Waals surface area (Å²) in [5.74, 6) is 1.67. The number of rotatable bonds is 15. The van der Waals surface area contributed by atoms with Crippen molar-refractivity contribution in [2.75, 3.05) is 45.2 Å². The summed E-state index contributed by atoms with van der Waals surface area (Å²) in [7, 11) is 1.39. The van der Waals surface area contributed by atoms with E-state index in [4.69, 9.17) is 9.72 Å². The molecule has 1 aromatic heterocycles. The molecule has 1 fully saturated rings. The fourth-order valence-corrected chi connectivity index (χ4v) is 6.07. The van der Waals surface area contributed by atoms with Gasteiger partial charge in [0.15, 0.2) is 0 Å². The molecule has 8 nitrogen and oxygen atoms in total. The third kappa shape index (κ3) is 9.09. The number of carbonyl (C=O) groups is 2. The molecule has 0 atom stereocenters. The number of ether oxygens (including phenoxy) is 1. The van der Waals surface area contributed by atoms with Crippen LogP contribution in [0.4, 0.5) is 11.6 Å². The minimum atomic E-state index is -0.678. The summed E-state index contributed by atoms with van der Waals surface area (Å²) >= 11 is 0. The number of piperidine rings is 1. The summed E-state index contributed by atoms with van der Waals surface area (Å²) in [6, 6.07) is 13.6. The number of hydrogen-bond donors (Lipinski definition) is 1. The summed E-state index contributed by atoms with van der Waals surface area (Å²) in [6.45, 7) is 18.8. The van der Waals surface area contributed by atoms with E-state index < -0.39 is 5.41 Å². The Balaban J connectivity index is 1.64. The number of nitrogens with one attached hydrogen (secondary N) is 1. The second kappa shape index (κ2) is 15.7. The van der Waals surface area contributed by atoms with Gasteiger partial charge in [0.05, 0.1) is 29.1 Å². The molecular weight excluding hydrogens is 562 g/mol. The number of carbonyl (C=O) groups excluding carboxylic acids is 2. The highest BCUT2D eigenvalue weighted by atomic mass is 16.5. The number of anilines is 2. The zero-order valence-electron chi connectivity index (χ0n) is 28.7. The standard InChI is InChI=1S/C37H55N5O3/c1-27(2)18-24-41(25-19-28(3)4)35(44)37(5,6)30-14-17-32-33(26-30)42(23-11-22-40-20-9-8-10-21-40)36(39-32)38-31-15-12-29(13-16-31)34(43)45-7/h12-17,26-28H,8-11,18-25H2,1-7H3,(H,38,39). The lowest BCUT2D eigenvalue weighted by Gasteiger charge is -2.33. The summed E-state index contributed by atoms with van der Waals surface area (Å²) in [5, 5.41) is 3.50. The maximum Gasteiger partial charge on any atom is 0.337 e. The van der Waals surface area contributed by atoms with Gasteiger partial charge in [0.2, 0.25) is 11.9 Å². The second-order valence-electron chi connectivity index (χ2n) is 14.0. The largest absolute Gasteiger partial charge is 0.465 e. The maximum absolute atomic E-state index is 14.2. The van der Waals surface area contributed by atoms with Crippen LogP contribution in [-0.2, 0) is 21.5 Å². The molecule has 8 heteroatoms. The quantitative estimate of drug-likeness (QED) is 0.177. The van der Waals surface area contributed by atoms with Crippen LogP contribution in [0.3, 0.4) is 0 Å². The maximum atomic E-state index is 14.2. The van der Waals surface area contributed by atoms with Crippen LogP contribution in [0.1, 0.15) is 96.0 Å². The summed E-state index contributed by atoms with van der Waals surface area (Å²) < 4.78 is 7.12. The molecule has 2 heterocycles. The lowest BCUT2D eigenvalue weighted by Crippen LogP contribution is -2.45. The Hall–Kier alpha value is -3.39. The Labute approximate surface area is 270 Å². The van der Waals surface area contributed by atoms with E-state index in [0.29, 0.717) is 17.4 Å². The first-order chi connectivity index (χ1) is 21.5. The highest BCUT2D eigenvalue weighted by Crippen LogP contribution is 2.32. The molecule has 2 aromatic carbocycles. The smallest absolute Gasteiger partial charge is 0.337 e. The number of fused-ring (bicyclic) bond motifs is 1. The van der Waals surface area contributed by atoms with E-state index in [0.717, 1.165) is 73.7 Å². The van der Waals surface area contributed by atoms with Crippen LogP contribution in [0.25, 0.3) is 11.0 Å². The van der Waals surface area contributed by atoms with Crippen molar-refractivity contribution in [1.82, 2.24) is 19.4 Å². The van der Waals surface area contributed by atoms with E-state index in [1.165, 1.54) is 39.5 Å². The molecule has 1 aliphatic heterocycles. The van der Waals surface area contributed by atoms with E-state index >= 15 is 0 Å². The third-order valence-electron chi connectivity index (χ3n) is 9.11. The van der Waals surface area contributed by atoms with Crippen molar-refractivity contribution < 1.29 is 14.3 Å². The first kappa shape index (κ1) is 34.5. The van der Waals surface area contributed by atoms with Crippen molar-refractivity contribution in [2.45, 2.75) is 92.0 Å². The molecule has 4 rings (SSSR count). The Bertz CT molecular complexity index is 1390. The van der Waals surface area contributed by atoms with Crippen molar-refractivity contribution in [3.63, 3.8) is 0 Å². The monoisotopic (exact) mass is 617 g/mol. The van der Waals surface area contributed by atoms with E-state index in [-0.39, 0.29) is 11.9 Å². The van der Waals surface area contributed by atoms with Crippen LogP contribution in [0.2, 0.25) is 0 Å². The number of methoxy groups -OCH3 is 1. The first-order valence-electron chi connectivity index (χ1n) is 17.0. The minimum absolute atomic E-state index is 0.184. The van der Waals surface area contributed by atoms with E-state index in [1.807, 2.05) is 12.1 Å². The van der Waals surface area contributed by atoms with Crippen LogP contribution >= 0.6 is 0 Å². The number of esters is 1. The summed E-state index contributed by atoms with van der Waals surface area (Å²) in [6.07, 6.45) is 6.89. The predicted octanol–water partition coefficient (Wildman–Crippen LogP) is 7.64. The van der Waals surface area contributed by atoms with Gasteiger partial charge in [-0.05, 0) is 119 Å². The number of aromatic nitrogens is 2. The van der Waals surface area contributed by atoms with Crippen molar-refractivity contribution in [1.29, 1.82) is 0 Å². The normalized spacial score (nSPS) is 14.3. The van der Waals surface area contributed by atoms with Gasteiger partial charge in [0.25, 0.3) is 0 Å². The molecule has 0 saturated carbocycles. The molecule has 246 valence electrons. The van der Waals surface area contributed by atoms with Gasteiger partial charge in [-0.1, -0.05) is 40.2 Å². The molecule has 1 aliphatic rings. The molecule has 0 aliphatic carbocycles. The number of imidazole rings is 1. The average molecular weight is 618 g/mol. The molecular formula is C37H55N5O3. The fourth-order valence-electron chi connectivity index (χ4n) is 6.07. The zero-order chi connectivity index (χ0) is 32.6. The fraction of sp³-hybridized carbons (Fsp3) is 0.595. The molecule has 1 amide bonds. The number of nitrogens with zero attached hydrogens (tertiary/aromatic N) is 4. The molecule has 0 radical (unpaired) electrons. The number of benzene rings is 2. The first-order valence-corrected chi connectivity index (χ1v) is 17.0. The van der Waals surface area contributed by atoms with Gasteiger partial charge in [-0.15, -0.1) is 0 Å². The Morgan fingerprint density at radius 1 is 0.933 bits per heavy atom. The highest BCUT2D eigenvalue weighted by molar-refractivity contribution is 5.90. The van der Waals surface area contributed by atoms with Crippen LogP contribution in [0.5, 0.6) is 0 Å². The van der Waals surface area contributed by atoms with Crippen molar-refractivity contribution in [2.24, 2.45) is 11.8 Å². The number of hydrogen-bond acceptors (Lipinski definition) is 6. The number of amides is 1. The number of likely N-dealkylation sites (tertiary alicyclic amines) is 1. The van der Waals surface area contributed by atoms with Crippen molar-refractivity contribution in [3.05, 3.63) is 53.6 Å². The summed E-state index contributed by atoms with van der Waals surface area (Å²) in [5.41, 5.74) is 3.59. The van der Waals surface area contributed by atoms with Gasteiger partial charge in [-0.3, -0.25) is 4.79 Å². The van der Waals surface area contributed by atoms with Crippen molar-refractivity contribution in [3.8, 4) is 0 Å². The number of aryl methyl sites for hydroxylation is 1. The topological polar surface area (TPSA) is 79.7 Å². The van der Waals surface area contributed by atoms with Gasteiger partial charge in [0, 0.05) is 25.3 Å². The van der Waals surface area contributed by atoms with Crippen LogP contribution < -0.4 is 5.32 Å². The Morgan fingerprint density at radius 3 is 2.18 bits per heavy atom. The van der Waals surface area contributed by atoms with Crippen molar-refractivity contribution >= 4 is 34.5 Å². The van der Waals surface area contributed by atoms with E-state index in [9.17, 15) is 9.59 Å². The van der Waals surface area contributed by atoms with Gasteiger partial charge in [-0.25, -0.2) is 9.78 Å². The molecule has 1 N–H and O–H groups in total. The van der Waals surface area contributed by atoms with Crippen LogP contribution in [0.15, 0.2) is 42.5 Å². The Morgan fingerprint density at radius 2 is 1.58 bits per heavy atom. The Kier molecular flexibility index (Phi) is 12.1. The van der Waals surface area contributed by atoms with Crippen LogP contribution in [-0.4, -0.2) is 71.1 Å². The molecule has 1 saturated heterocycles. The molecule has 3 aromatic rings. The van der Waals surface area contributed by atoms with Gasteiger partial charge in [-0.2, -0.15) is 0 Å². The zero-order valence-corrected chi connectivity index (χ0v) is 28.7. The third-order valence-corrected chi connectivity index (χ3v) is 9.11. The summed E-state index contributed by atoms with van der Waals surface area (Å²) in [4.78, 5) is 35.8. The second-order valence-corrected chi connectivity index (χ2v) is 14.0. The lowest BCUT2D eigenvalue weighted by molar-refractivity contribution is -0.136. The average Bonchev–Trinajstić information content (AvgIpc) is 3.37. The minimum Gasteiger partial charge on any atom is -0.465 e. The molecule has 0 bridgehead atoms. The highest BCUT2D eigenvalue weighted by Gasteiger charge is 2.34. The predicted molar refractivity (Wildman–Crippen MR) is 184 cm³/mol. The van der Waals surface area contributed by atoms with Gasteiger partial charge in [0.1, 0.15) is 0 Å².